The summed E-state index contributed by atoms with van der Waals surface area (Å²) in [5, 5.41) is 8.07. The van der Waals surface area contributed by atoms with Gasteiger partial charge in [-0.1, -0.05) is 109 Å². The normalized spacial score (nSPS) is 12.5. The van der Waals surface area contributed by atoms with E-state index < -0.39 is 0 Å². The van der Waals surface area contributed by atoms with E-state index in [1.165, 1.54) is 32.8 Å². The number of para-hydroxylation sites is 1. The number of fused-ring (bicyclic) bond motifs is 1. The van der Waals surface area contributed by atoms with Crippen molar-refractivity contribution in [3.8, 4) is 22.4 Å². The number of carbonyl (C=O) groups excluding carboxylic acids is 1. The van der Waals surface area contributed by atoms with Crippen molar-refractivity contribution in [2.45, 2.75) is 25.8 Å². The zero-order valence-corrected chi connectivity index (χ0v) is 22.2. The second-order valence-electron chi connectivity index (χ2n) is 10.3. The Morgan fingerprint density at radius 1 is 0.725 bits per heavy atom. The predicted molar refractivity (Wildman–Crippen MR) is 165 cm³/mol. The summed E-state index contributed by atoms with van der Waals surface area (Å²) in [6.45, 7) is 0.542. The molecule has 0 radical (unpaired) electrons. The maximum atomic E-state index is 13.0. The van der Waals surface area contributed by atoms with Crippen molar-refractivity contribution in [3.63, 3.8) is 0 Å². The number of nitrogens with zero attached hydrogens (tertiary/aromatic N) is 2. The summed E-state index contributed by atoms with van der Waals surface area (Å²) in [6.07, 6.45) is 4.27. The highest BCUT2D eigenvalue weighted by molar-refractivity contribution is 6.05. The van der Waals surface area contributed by atoms with Crippen LogP contribution in [-0.2, 0) is 24.2 Å². The lowest BCUT2D eigenvalue weighted by Crippen LogP contribution is -2.19. The zero-order chi connectivity index (χ0) is 26.9. The highest BCUT2D eigenvalue weighted by Gasteiger charge is 2.20. The third kappa shape index (κ3) is 4.28. The van der Waals surface area contributed by atoms with Crippen LogP contribution < -0.4 is 5.43 Å². The summed E-state index contributed by atoms with van der Waals surface area (Å²) in [5.41, 5.74) is 12.3. The van der Waals surface area contributed by atoms with Crippen molar-refractivity contribution in [1.29, 1.82) is 0 Å². The molecule has 1 N–H and O–H groups in total. The van der Waals surface area contributed by atoms with Gasteiger partial charge in [0.1, 0.15) is 0 Å². The first kappa shape index (κ1) is 24.1. The number of aryl methyl sites for hydroxylation is 3. The lowest BCUT2D eigenvalue weighted by Gasteiger charge is -2.13. The Hall–Kier alpha value is -4.96. The average molecular weight is 520 g/mol. The average Bonchev–Trinajstić information content (AvgIpc) is 3.58. The molecule has 5 aromatic carbocycles. The lowest BCUT2D eigenvalue weighted by molar-refractivity contribution is -0.121. The van der Waals surface area contributed by atoms with E-state index in [0.717, 1.165) is 40.7 Å². The molecule has 194 valence electrons. The fourth-order valence-electron chi connectivity index (χ4n) is 6.15. The lowest BCUT2D eigenvalue weighted by atomic mass is 9.98. The van der Waals surface area contributed by atoms with E-state index in [-0.39, 0.29) is 5.91 Å². The number of hydrazone groups is 1. The van der Waals surface area contributed by atoms with E-state index in [1.54, 1.807) is 6.21 Å². The second kappa shape index (κ2) is 10.3. The Morgan fingerprint density at radius 3 is 2.20 bits per heavy atom. The van der Waals surface area contributed by atoms with Crippen LogP contribution in [0.1, 0.15) is 23.1 Å². The number of nitrogens with one attached hydrogen (secondary N) is 1. The van der Waals surface area contributed by atoms with Crippen molar-refractivity contribution in [1.82, 2.24) is 9.99 Å². The third-order valence-corrected chi connectivity index (χ3v) is 7.95. The summed E-state index contributed by atoms with van der Waals surface area (Å²) in [5.74, 6) is -0.111. The summed E-state index contributed by atoms with van der Waals surface area (Å²) in [7, 11) is 0. The summed E-state index contributed by atoms with van der Waals surface area (Å²) in [6, 6.07) is 40.1. The zero-order valence-electron chi connectivity index (χ0n) is 22.2. The molecule has 0 aliphatic heterocycles. The van der Waals surface area contributed by atoms with Gasteiger partial charge in [-0.25, -0.2) is 5.43 Å². The van der Waals surface area contributed by atoms with Crippen LogP contribution in [0.25, 0.3) is 44.1 Å². The van der Waals surface area contributed by atoms with Gasteiger partial charge >= 0.3 is 0 Å². The Bertz CT molecular complexity index is 1870. The third-order valence-electron chi connectivity index (χ3n) is 7.95. The monoisotopic (exact) mass is 519 g/mol. The van der Waals surface area contributed by atoms with Gasteiger partial charge < -0.3 is 4.57 Å². The van der Waals surface area contributed by atoms with Crippen molar-refractivity contribution in [2.75, 3.05) is 0 Å². The van der Waals surface area contributed by atoms with E-state index in [1.807, 2.05) is 12.1 Å². The number of benzene rings is 5. The number of hydrogen-bond donors (Lipinski definition) is 1. The Kier molecular flexibility index (Phi) is 6.21. The summed E-state index contributed by atoms with van der Waals surface area (Å²) in [4.78, 5) is 13.0. The number of hydrogen-bond acceptors (Lipinski definition) is 2. The molecule has 0 unspecified atom stereocenters. The van der Waals surface area contributed by atoms with Crippen molar-refractivity contribution < 1.29 is 4.79 Å². The van der Waals surface area contributed by atoms with Gasteiger partial charge in [-0.05, 0) is 51.9 Å². The van der Waals surface area contributed by atoms with Gasteiger partial charge in [0.2, 0.25) is 5.91 Å². The minimum Gasteiger partial charge on any atom is -0.339 e. The molecule has 0 saturated carbocycles. The fourth-order valence-corrected chi connectivity index (χ4v) is 6.15. The molecule has 0 bridgehead atoms. The van der Waals surface area contributed by atoms with Gasteiger partial charge in [-0.3, -0.25) is 4.79 Å². The van der Waals surface area contributed by atoms with Gasteiger partial charge in [0.25, 0.3) is 0 Å². The molecule has 0 atom stereocenters. The molecule has 1 amide bonds. The Morgan fingerprint density at radius 2 is 1.40 bits per heavy atom. The van der Waals surface area contributed by atoms with E-state index in [9.17, 15) is 4.79 Å². The van der Waals surface area contributed by atoms with Crippen LogP contribution in [0.2, 0.25) is 0 Å². The van der Waals surface area contributed by atoms with Gasteiger partial charge in [0.05, 0.1) is 11.9 Å². The molecular weight excluding hydrogens is 490 g/mol. The highest BCUT2D eigenvalue weighted by atomic mass is 16.2. The highest BCUT2D eigenvalue weighted by Crippen LogP contribution is 2.41. The number of rotatable bonds is 7. The standard InChI is InChI=1S/C36H29N3O/c40-33(38-37-24-29-21-20-27-19-18-26-14-9-16-30(29)34(26)27)22-23-39-32-17-8-7-15-31(32)35(25-10-3-1-4-11-25)36(39)28-12-5-2-6-13-28/h1-17,20-21,24H,18-19,22-23H2,(H,38,40)/b37-24+. The Balaban J connectivity index is 1.18. The first-order valence-corrected chi connectivity index (χ1v) is 13.9. The largest absolute Gasteiger partial charge is 0.339 e. The minimum atomic E-state index is -0.111. The molecule has 0 saturated heterocycles. The first-order valence-electron chi connectivity index (χ1n) is 13.9. The van der Waals surface area contributed by atoms with Crippen LogP contribution in [0, 0.1) is 0 Å². The molecule has 6 aromatic rings. The maximum absolute atomic E-state index is 13.0. The molecule has 40 heavy (non-hydrogen) atoms. The molecule has 4 heteroatoms. The molecule has 1 heterocycles. The van der Waals surface area contributed by atoms with Crippen LogP contribution in [0.5, 0.6) is 0 Å². The van der Waals surface area contributed by atoms with Crippen LogP contribution in [0.3, 0.4) is 0 Å². The van der Waals surface area contributed by atoms with E-state index in [2.05, 4.69) is 118 Å². The van der Waals surface area contributed by atoms with Crippen molar-refractivity contribution in [2.24, 2.45) is 5.10 Å². The molecule has 1 aliphatic carbocycles. The number of amides is 1. The predicted octanol–water partition coefficient (Wildman–Crippen LogP) is 7.77. The van der Waals surface area contributed by atoms with E-state index >= 15 is 0 Å². The molecular formula is C36H29N3O. The minimum absolute atomic E-state index is 0.111. The quantitative estimate of drug-likeness (QED) is 0.170. The second-order valence-corrected chi connectivity index (χ2v) is 10.3. The summed E-state index contributed by atoms with van der Waals surface area (Å²) < 4.78 is 2.28. The topological polar surface area (TPSA) is 46.4 Å². The Labute approximate surface area is 233 Å². The fraction of sp³-hybridized carbons (Fsp3) is 0.111. The summed E-state index contributed by atoms with van der Waals surface area (Å²) >= 11 is 0. The van der Waals surface area contributed by atoms with Gasteiger partial charge in [0, 0.05) is 35.0 Å². The van der Waals surface area contributed by atoms with Crippen LogP contribution >= 0.6 is 0 Å². The van der Waals surface area contributed by atoms with Gasteiger partial charge in [0.15, 0.2) is 0 Å². The van der Waals surface area contributed by atoms with Crippen molar-refractivity contribution in [3.05, 3.63) is 132 Å². The first-order chi connectivity index (χ1) is 19.8. The molecule has 1 aromatic heterocycles. The smallest absolute Gasteiger partial charge is 0.241 e. The molecule has 0 fully saturated rings. The van der Waals surface area contributed by atoms with Gasteiger partial charge in [-0.2, -0.15) is 5.10 Å². The van der Waals surface area contributed by atoms with E-state index in [0.29, 0.717) is 13.0 Å². The number of carbonyl (C=O) groups is 1. The molecule has 1 aliphatic rings. The molecule has 7 rings (SSSR count). The molecule has 4 nitrogen and oxygen atoms in total. The molecule has 0 spiro atoms. The van der Waals surface area contributed by atoms with Crippen LogP contribution in [0.15, 0.2) is 120 Å². The van der Waals surface area contributed by atoms with Crippen molar-refractivity contribution >= 4 is 33.8 Å². The maximum Gasteiger partial charge on any atom is 0.241 e. The van der Waals surface area contributed by atoms with Gasteiger partial charge in [-0.15, -0.1) is 0 Å². The van der Waals surface area contributed by atoms with E-state index in [4.69, 9.17) is 0 Å². The van der Waals surface area contributed by atoms with Crippen LogP contribution in [-0.4, -0.2) is 16.7 Å². The SMILES string of the molecule is O=C(CCn1c(-c2ccccc2)c(-c2ccccc2)c2ccccc21)N/N=C/c1ccc2c3c(cccc13)CC2. The number of aromatic nitrogens is 1. The van der Waals surface area contributed by atoms with Crippen LogP contribution in [0.4, 0.5) is 0 Å².